The van der Waals surface area contributed by atoms with E-state index in [2.05, 4.69) is 27.1 Å². The Morgan fingerprint density at radius 1 is 0.621 bits per heavy atom. The van der Waals surface area contributed by atoms with Gasteiger partial charge in [-0.1, -0.05) is 42.5 Å². The van der Waals surface area contributed by atoms with Crippen LogP contribution in [0.25, 0.3) is 34.2 Å². The molecule has 3 aromatic carbocycles. The van der Waals surface area contributed by atoms with Crippen molar-refractivity contribution in [1.82, 2.24) is 15.0 Å². The van der Waals surface area contributed by atoms with Gasteiger partial charge in [-0.25, -0.2) is 15.0 Å². The first kappa shape index (κ1) is 17.4. The van der Waals surface area contributed by atoms with Crippen LogP contribution in [0.1, 0.15) is 24.3 Å². The molecule has 5 heteroatoms. The van der Waals surface area contributed by atoms with Crippen LogP contribution in [0, 0.1) is 0 Å². The summed E-state index contributed by atoms with van der Waals surface area (Å²) in [6.07, 6.45) is 2.43. The van der Waals surface area contributed by atoms with Crippen LogP contribution in [-0.4, -0.2) is 25.2 Å². The number of phenols is 2. The molecule has 29 heavy (non-hydrogen) atoms. The normalized spacial score (nSPS) is 13.4. The lowest BCUT2D eigenvalue weighted by atomic mass is 10.1. The quantitative estimate of drug-likeness (QED) is 0.510. The third kappa shape index (κ3) is 3.43. The van der Waals surface area contributed by atoms with Crippen LogP contribution in [0.4, 0.5) is 0 Å². The minimum atomic E-state index is 0.0969. The number of nitrogens with zero attached hydrogens (tertiary/aromatic N) is 3. The van der Waals surface area contributed by atoms with Gasteiger partial charge in [0.25, 0.3) is 0 Å². The SMILES string of the molecule is Oc1ccccc1-c1nc(-c2cccc(C3CC3)c2)nc(-c2ccccc2O)n1. The van der Waals surface area contributed by atoms with E-state index in [1.54, 1.807) is 36.4 Å². The summed E-state index contributed by atoms with van der Waals surface area (Å²) in [6.45, 7) is 0. The van der Waals surface area contributed by atoms with Crippen LogP contribution >= 0.6 is 0 Å². The number of hydrogen-bond donors (Lipinski definition) is 2. The Hall–Kier alpha value is -3.73. The van der Waals surface area contributed by atoms with Crippen LogP contribution in [0.15, 0.2) is 72.8 Å². The average molecular weight is 381 g/mol. The van der Waals surface area contributed by atoms with Crippen LogP contribution < -0.4 is 0 Å². The fraction of sp³-hybridized carbons (Fsp3) is 0.125. The molecule has 0 unspecified atom stereocenters. The molecule has 0 amide bonds. The van der Waals surface area contributed by atoms with Gasteiger partial charge in [-0.05, 0) is 54.7 Å². The van der Waals surface area contributed by atoms with Gasteiger partial charge in [-0.3, -0.25) is 0 Å². The zero-order chi connectivity index (χ0) is 19.8. The van der Waals surface area contributed by atoms with Crippen molar-refractivity contribution in [3.05, 3.63) is 78.4 Å². The molecule has 2 N–H and O–H groups in total. The van der Waals surface area contributed by atoms with Crippen molar-refractivity contribution in [2.24, 2.45) is 0 Å². The van der Waals surface area contributed by atoms with Crippen LogP contribution in [0.3, 0.4) is 0 Å². The maximum Gasteiger partial charge on any atom is 0.167 e. The second kappa shape index (κ2) is 7.02. The maximum atomic E-state index is 10.3. The lowest BCUT2D eigenvalue weighted by molar-refractivity contribution is 0.477. The number of aromatic hydroxyl groups is 2. The smallest absolute Gasteiger partial charge is 0.167 e. The number of rotatable bonds is 4. The van der Waals surface area contributed by atoms with Crippen molar-refractivity contribution in [3.63, 3.8) is 0 Å². The summed E-state index contributed by atoms with van der Waals surface area (Å²) >= 11 is 0. The van der Waals surface area contributed by atoms with Crippen molar-refractivity contribution < 1.29 is 10.2 Å². The Kier molecular flexibility index (Phi) is 4.21. The van der Waals surface area contributed by atoms with Crippen molar-refractivity contribution >= 4 is 0 Å². The molecule has 142 valence electrons. The van der Waals surface area contributed by atoms with Crippen LogP contribution in [0.5, 0.6) is 11.5 Å². The molecule has 1 fully saturated rings. The molecule has 5 nitrogen and oxygen atoms in total. The Bertz CT molecular complexity index is 1140. The number of phenolic OH excluding ortho intramolecular Hbond substituents is 2. The molecule has 5 rings (SSSR count). The lowest BCUT2D eigenvalue weighted by Gasteiger charge is -2.10. The van der Waals surface area contributed by atoms with Crippen molar-refractivity contribution in [2.45, 2.75) is 18.8 Å². The summed E-state index contributed by atoms with van der Waals surface area (Å²) in [5.74, 6) is 2.05. The molecule has 0 saturated heterocycles. The molecule has 1 aliphatic rings. The summed E-state index contributed by atoms with van der Waals surface area (Å²) < 4.78 is 0. The summed E-state index contributed by atoms with van der Waals surface area (Å²) in [6, 6.07) is 22.2. The van der Waals surface area contributed by atoms with Gasteiger partial charge in [0.15, 0.2) is 17.5 Å². The fourth-order valence-corrected chi connectivity index (χ4v) is 3.42. The Morgan fingerprint density at radius 3 is 1.72 bits per heavy atom. The highest BCUT2D eigenvalue weighted by atomic mass is 16.3. The van der Waals surface area contributed by atoms with E-state index in [1.807, 2.05) is 24.3 Å². The number of benzene rings is 3. The summed E-state index contributed by atoms with van der Waals surface area (Å²) in [7, 11) is 0. The minimum absolute atomic E-state index is 0.0969. The lowest BCUT2D eigenvalue weighted by Crippen LogP contribution is -2.00. The Balaban J connectivity index is 1.71. The predicted octanol–water partition coefficient (Wildman–Crippen LogP) is 5.16. The first-order valence-electron chi connectivity index (χ1n) is 9.62. The number of aromatic nitrogens is 3. The van der Waals surface area contributed by atoms with E-state index in [-0.39, 0.29) is 11.5 Å². The molecule has 0 aliphatic heterocycles. The molecule has 0 atom stereocenters. The highest BCUT2D eigenvalue weighted by Crippen LogP contribution is 2.41. The molecule has 1 aliphatic carbocycles. The van der Waals surface area contributed by atoms with Gasteiger partial charge >= 0.3 is 0 Å². The van der Waals surface area contributed by atoms with Gasteiger partial charge in [0.1, 0.15) is 11.5 Å². The van der Waals surface area contributed by atoms with E-state index in [9.17, 15) is 10.2 Å². The maximum absolute atomic E-state index is 10.3. The molecular weight excluding hydrogens is 362 g/mol. The van der Waals surface area contributed by atoms with Crippen molar-refractivity contribution in [1.29, 1.82) is 0 Å². The van der Waals surface area contributed by atoms with Gasteiger partial charge in [-0.2, -0.15) is 0 Å². The van der Waals surface area contributed by atoms with E-state index in [1.165, 1.54) is 18.4 Å². The molecule has 0 bridgehead atoms. The monoisotopic (exact) mass is 381 g/mol. The third-order valence-corrected chi connectivity index (χ3v) is 5.12. The zero-order valence-corrected chi connectivity index (χ0v) is 15.7. The average Bonchev–Trinajstić information content (AvgIpc) is 3.60. The number of para-hydroxylation sites is 2. The molecule has 4 aromatic rings. The minimum Gasteiger partial charge on any atom is -0.507 e. The van der Waals surface area contributed by atoms with E-state index >= 15 is 0 Å². The van der Waals surface area contributed by atoms with E-state index in [0.717, 1.165) is 5.56 Å². The van der Waals surface area contributed by atoms with E-state index in [4.69, 9.17) is 0 Å². The molecular formula is C24H19N3O2. The number of hydrogen-bond acceptors (Lipinski definition) is 5. The standard InChI is InChI=1S/C24H19N3O2/c28-20-10-3-1-8-18(20)23-25-22(17-7-5-6-16(14-17)15-12-13-15)26-24(27-23)19-9-2-4-11-21(19)29/h1-11,14-15,28-29H,12-13H2. The summed E-state index contributed by atoms with van der Waals surface area (Å²) in [5, 5.41) is 20.6. The van der Waals surface area contributed by atoms with Gasteiger partial charge in [0.2, 0.25) is 0 Å². The molecule has 1 saturated carbocycles. The summed E-state index contributed by atoms with van der Waals surface area (Å²) in [4.78, 5) is 13.8. The first-order valence-corrected chi connectivity index (χ1v) is 9.62. The van der Waals surface area contributed by atoms with Gasteiger partial charge in [-0.15, -0.1) is 0 Å². The van der Waals surface area contributed by atoms with Crippen molar-refractivity contribution in [3.8, 4) is 45.7 Å². The largest absolute Gasteiger partial charge is 0.507 e. The van der Waals surface area contributed by atoms with Crippen LogP contribution in [0.2, 0.25) is 0 Å². The second-order valence-electron chi connectivity index (χ2n) is 7.24. The summed E-state index contributed by atoms with van der Waals surface area (Å²) in [5.41, 5.74) is 3.22. The van der Waals surface area contributed by atoms with Gasteiger partial charge < -0.3 is 10.2 Å². The highest BCUT2D eigenvalue weighted by Gasteiger charge is 2.24. The second-order valence-corrected chi connectivity index (χ2v) is 7.24. The zero-order valence-electron chi connectivity index (χ0n) is 15.7. The third-order valence-electron chi connectivity index (χ3n) is 5.12. The fourth-order valence-electron chi connectivity index (χ4n) is 3.42. The van der Waals surface area contributed by atoms with Gasteiger partial charge in [0, 0.05) is 5.56 Å². The highest BCUT2D eigenvalue weighted by molar-refractivity contribution is 5.71. The molecule has 0 radical (unpaired) electrons. The van der Waals surface area contributed by atoms with Crippen molar-refractivity contribution in [2.75, 3.05) is 0 Å². The molecule has 1 heterocycles. The topological polar surface area (TPSA) is 79.1 Å². The molecule has 0 spiro atoms. The van der Waals surface area contributed by atoms with Gasteiger partial charge in [0.05, 0.1) is 11.1 Å². The first-order chi connectivity index (χ1) is 14.2. The Morgan fingerprint density at radius 2 is 1.17 bits per heavy atom. The predicted molar refractivity (Wildman–Crippen MR) is 111 cm³/mol. The molecule has 1 aromatic heterocycles. The van der Waals surface area contributed by atoms with E-state index < -0.39 is 0 Å². The van der Waals surface area contributed by atoms with Crippen LogP contribution in [-0.2, 0) is 0 Å². The van der Waals surface area contributed by atoms with E-state index in [0.29, 0.717) is 34.5 Å². The Labute approximate surface area is 168 Å².